The molecule has 0 heterocycles. The second-order valence-corrected chi connectivity index (χ2v) is 6.30. The van der Waals surface area contributed by atoms with Crippen molar-refractivity contribution >= 4 is 11.9 Å². The largest absolute Gasteiger partial charge is 0.256 e. The normalized spacial score (nSPS) is 11.0. The highest BCUT2D eigenvalue weighted by atomic mass is 14.7. The predicted molar refractivity (Wildman–Crippen MR) is 107 cm³/mol. The summed E-state index contributed by atoms with van der Waals surface area (Å²) in [4.78, 5) is 4.58. The van der Waals surface area contributed by atoms with Crippen LogP contribution in [0.15, 0.2) is 66.2 Å². The van der Waals surface area contributed by atoms with Crippen LogP contribution in [0, 0.1) is 0 Å². The number of aliphatic imine (C=N–C) groups is 1. The molecule has 0 atom stereocenters. The third-order valence-corrected chi connectivity index (χ3v) is 4.22. The molecule has 126 valence electrons. The molecular weight excluding hydrogens is 290 g/mol. The van der Waals surface area contributed by atoms with Crippen molar-refractivity contribution < 1.29 is 0 Å². The molecule has 0 saturated heterocycles. The number of rotatable bonds is 10. The lowest BCUT2D eigenvalue weighted by molar-refractivity contribution is 0.748. The Bertz CT molecular complexity index is 620. The molecule has 0 spiro atoms. The molecule has 24 heavy (non-hydrogen) atoms. The zero-order valence-corrected chi connectivity index (χ0v) is 14.9. The van der Waals surface area contributed by atoms with E-state index in [0.29, 0.717) is 0 Å². The molecule has 0 aliphatic heterocycles. The Labute approximate surface area is 147 Å². The van der Waals surface area contributed by atoms with E-state index in [-0.39, 0.29) is 0 Å². The van der Waals surface area contributed by atoms with Crippen LogP contribution in [0.2, 0.25) is 0 Å². The van der Waals surface area contributed by atoms with Gasteiger partial charge >= 0.3 is 0 Å². The van der Waals surface area contributed by atoms with Gasteiger partial charge in [0.25, 0.3) is 0 Å². The van der Waals surface area contributed by atoms with E-state index in [0.717, 1.165) is 30.5 Å². The third kappa shape index (κ3) is 6.54. The molecule has 0 saturated carbocycles. The fraction of sp³-hybridized carbons (Fsp3) is 0.348. The molecular formula is C23H29N. The second-order valence-electron chi connectivity index (χ2n) is 6.30. The van der Waals surface area contributed by atoms with Gasteiger partial charge in [0, 0.05) is 6.21 Å². The van der Waals surface area contributed by atoms with Crippen LogP contribution in [0.1, 0.15) is 55.7 Å². The lowest BCUT2D eigenvalue weighted by atomic mass is 10.1. The molecule has 0 aliphatic carbocycles. The number of nitrogens with zero attached hydrogens (tertiary/aromatic N) is 1. The zero-order chi connectivity index (χ0) is 17.0. The van der Waals surface area contributed by atoms with Gasteiger partial charge in [-0.1, -0.05) is 55.8 Å². The maximum absolute atomic E-state index is 4.58. The van der Waals surface area contributed by atoms with Gasteiger partial charge in [0.2, 0.25) is 0 Å². The summed E-state index contributed by atoms with van der Waals surface area (Å²) in [5.74, 6) is 0. The van der Waals surface area contributed by atoms with E-state index >= 15 is 0 Å². The Balaban J connectivity index is 1.86. The highest BCUT2D eigenvalue weighted by Gasteiger charge is 1.95. The Kier molecular flexibility index (Phi) is 8.03. The SMILES string of the molecule is C=CCCCCc1ccc(C=Nc2ccc(CCCC)cc2)cc1. The van der Waals surface area contributed by atoms with Crippen molar-refractivity contribution in [3.05, 3.63) is 77.9 Å². The minimum Gasteiger partial charge on any atom is -0.256 e. The first-order valence-electron chi connectivity index (χ1n) is 9.14. The average molecular weight is 319 g/mol. The molecule has 0 aliphatic rings. The van der Waals surface area contributed by atoms with Crippen LogP contribution in [-0.2, 0) is 12.8 Å². The number of hydrogen-bond acceptors (Lipinski definition) is 1. The van der Waals surface area contributed by atoms with Crippen LogP contribution >= 0.6 is 0 Å². The van der Waals surface area contributed by atoms with E-state index in [1.54, 1.807) is 0 Å². The lowest BCUT2D eigenvalue weighted by Gasteiger charge is -2.02. The maximum atomic E-state index is 4.58. The molecule has 1 heteroatoms. The smallest absolute Gasteiger partial charge is 0.0630 e. The van der Waals surface area contributed by atoms with Crippen LogP contribution in [0.3, 0.4) is 0 Å². The van der Waals surface area contributed by atoms with Crippen molar-refractivity contribution in [2.45, 2.75) is 51.9 Å². The molecule has 0 bridgehead atoms. The monoisotopic (exact) mass is 319 g/mol. The van der Waals surface area contributed by atoms with Crippen molar-refractivity contribution in [2.75, 3.05) is 0 Å². The van der Waals surface area contributed by atoms with Gasteiger partial charge < -0.3 is 0 Å². The highest BCUT2D eigenvalue weighted by molar-refractivity contribution is 5.81. The van der Waals surface area contributed by atoms with Crippen molar-refractivity contribution in [1.82, 2.24) is 0 Å². The number of unbranched alkanes of at least 4 members (excludes halogenated alkanes) is 3. The molecule has 2 aromatic carbocycles. The first kappa shape index (κ1) is 18.2. The average Bonchev–Trinajstić information content (AvgIpc) is 2.64. The summed E-state index contributed by atoms with van der Waals surface area (Å²) in [7, 11) is 0. The van der Waals surface area contributed by atoms with Gasteiger partial charge in [-0.3, -0.25) is 4.99 Å². The fourth-order valence-corrected chi connectivity index (χ4v) is 2.67. The Morgan fingerprint density at radius 1 is 0.833 bits per heavy atom. The van der Waals surface area contributed by atoms with E-state index in [2.05, 4.69) is 67.0 Å². The Morgan fingerprint density at radius 3 is 2.08 bits per heavy atom. The van der Waals surface area contributed by atoms with Crippen molar-refractivity contribution in [2.24, 2.45) is 4.99 Å². The van der Waals surface area contributed by atoms with Gasteiger partial charge in [-0.25, -0.2) is 0 Å². The van der Waals surface area contributed by atoms with E-state index in [4.69, 9.17) is 0 Å². The molecule has 2 rings (SSSR count). The van der Waals surface area contributed by atoms with Gasteiger partial charge in [-0.2, -0.15) is 0 Å². The summed E-state index contributed by atoms with van der Waals surface area (Å²) in [5.41, 5.74) is 4.97. The second kappa shape index (κ2) is 10.6. The fourth-order valence-electron chi connectivity index (χ4n) is 2.67. The molecule has 0 aromatic heterocycles. The van der Waals surface area contributed by atoms with Gasteiger partial charge in [0.1, 0.15) is 0 Å². The molecule has 0 N–H and O–H groups in total. The first-order valence-corrected chi connectivity index (χ1v) is 9.14. The number of aryl methyl sites for hydroxylation is 2. The van der Waals surface area contributed by atoms with Crippen molar-refractivity contribution in [3.8, 4) is 0 Å². The molecule has 0 unspecified atom stereocenters. The molecule has 1 nitrogen and oxygen atoms in total. The van der Waals surface area contributed by atoms with Gasteiger partial charge in [0.05, 0.1) is 5.69 Å². The maximum Gasteiger partial charge on any atom is 0.0630 e. The topological polar surface area (TPSA) is 12.4 Å². The predicted octanol–water partition coefficient (Wildman–Crippen LogP) is 6.68. The van der Waals surface area contributed by atoms with Gasteiger partial charge in [-0.05, 0) is 67.3 Å². The Hall–Kier alpha value is -2.15. The molecule has 2 aromatic rings. The minimum atomic E-state index is 1.02. The highest BCUT2D eigenvalue weighted by Crippen LogP contribution is 2.15. The summed E-state index contributed by atoms with van der Waals surface area (Å²) in [6, 6.07) is 17.3. The third-order valence-electron chi connectivity index (χ3n) is 4.22. The van der Waals surface area contributed by atoms with Gasteiger partial charge in [-0.15, -0.1) is 6.58 Å². The van der Waals surface area contributed by atoms with E-state index in [1.807, 2.05) is 12.3 Å². The van der Waals surface area contributed by atoms with Crippen LogP contribution < -0.4 is 0 Å². The molecule has 0 amide bonds. The quantitative estimate of drug-likeness (QED) is 0.263. The minimum absolute atomic E-state index is 1.02. The standard InChI is InChI=1S/C23H29N/c1-3-5-7-8-10-21-11-13-22(14-12-21)19-24-23-17-15-20(16-18-23)9-6-4-2/h3,11-19H,1,4-10H2,2H3. The van der Waals surface area contributed by atoms with Gasteiger partial charge in [0.15, 0.2) is 0 Å². The van der Waals surface area contributed by atoms with Crippen LogP contribution in [0.25, 0.3) is 0 Å². The van der Waals surface area contributed by atoms with Crippen molar-refractivity contribution in [3.63, 3.8) is 0 Å². The summed E-state index contributed by atoms with van der Waals surface area (Å²) in [6.07, 6.45) is 12.3. The summed E-state index contributed by atoms with van der Waals surface area (Å²) < 4.78 is 0. The summed E-state index contributed by atoms with van der Waals surface area (Å²) in [5, 5.41) is 0. The zero-order valence-electron chi connectivity index (χ0n) is 14.9. The van der Waals surface area contributed by atoms with Crippen molar-refractivity contribution in [1.29, 1.82) is 0 Å². The van der Waals surface area contributed by atoms with E-state index < -0.39 is 0 Å². The number of hydrogen-bond donors (Lipinski definition) is 0. The van der Waals surface area contributed by atoms with Crippen LogP contribution in [0.4, 0.5) is 5.69 Å². The summed E-state index contributed by atoms with van der Waals surface area (Å²) >= 11 is 0. The Morgan fingerprint density at radius 2 is 1.46 bits per heavy atom. The van der Waals surface area contributed by atoms with Crippen LogP contribution in [-0.4, -0.2) is 6.21 Å². The number of benzene rings is 2. The molecule has 0 radical (unpaired) electrons. The van der Waals surface area contributed by atoms with E-state index in [1.165, 1.54) is 36.8 Å². The lowest BCUT2D eigenvalue weighted by Crippen LogP contribution is -1.87. The molecule has 0 fully saturated rings. The first-order chi connectivity index (χ1) is 11.8. The van der Waals surface area contributed by atoms with Crippen LogP contribution in [0.5, 0.6) is 0 Å². The summed E-state index contributed by atoms with van der Waals surface area (Å²) in [6.45, 7) is 5.99. The van der Waals surface area contributed by atoms with E-state index in [9.17, 15) is 0 Å². The number of allylic oxidation sites excluding steroid dienone is 1.